The monoisotopic (exact) mass is 301 g/mol. The molecule has 2 nitrogen and oxygen atoms in total. The topological polar surface area (TPSA) is 35.2 Å². The molecule has 2 rings (SSSR count). The van der Waals surface area contributed by atoms with Crippen molar-refractivity contribution >= 4 is 12.6 Å². The number of benzene rings is 2. The minimum atomic E-state index is 0.207. The quantitative estimate of drug-likeness (QED) is 0.567. The second-order valence-corrected chi connectivity index (χ2v) is 5.54. The van der Waals surface area contributed by atoms with Gasteiger partial charge >= 0.3 is 0 Å². The van der Waals surface area contributed by atoms with Crippen LogP contribution in [0.3, 0.4) is 0 Å². The molecule has 2 N–H and O–H groups in total. The molecular weight excluding hydrogens is 278 g/mol. The molecule has 2 aromatic carbocycles. The molecular formula is C18H23NOS. The second kappa shape index (κ2) is 8.75. The molecule has 0 fully saturated rings. The average Bonchev–Trinajstić information content (AvgIpc) is 2.55. The third-order valence-corrected chi connectivity index (χ3v) is 3.90. The van der Waals surface area contributed by atoms with E-state index in [1.165, 1.54) is 11.1 Å². The zero-order chi connectivity index (χ0) is 14.9. The summed E-state index contributed by atoms with van der Waals surface area (Å²) in [6.45, 7) is 0.740. The van der Waals surface area contributed by atoms with Crippen molar-refractivity contribution in [1.29, 1.82) is 0 Å². The summed E-state index contributed by atoms with van der Waals surface area (Å²) in [6, 6.07) is 18.8. The van der Waals surface area contributed by atoms with E-state index in [4.69, 9.17) is 10.5 Å². The average molecular weight is 301 g/mol. The smallest absolute Gasteiger partial charge is 0.119 e. The van der Waals surface area contributed by atoms with Crippen molar-refractivity contribution in [3.05, 3.63) is 54.6 Å². The highest BCUT2D eigenvalue weighted by Crippen LogP contribution is 2.22. The van der Waals surface area contributed by atoms with E-state index in [0.29, 0.717) is 0 Å². The summed E-state index contributed by atoms with van der Waals surface area (Å²) >= 11 is 4.18. The van der Waals surface area contributed by atoms with Gasteiger partial charge in [0.1, 0.15) is 5.75 Å². The highest BCUT2D eigenvalue weighted by molar-refractivity contribution is 7.80. The van der Waals surface area contributed by atoms with E-state index in [0.717, 1.165) is 37.4 Å². The Hall–Kier alpha value is -1.45. The van der Waals surface area contributed by atoms with Gasteiger partial charge in [-0.1, -0.05) is 42.5 Å². The number of nitrogens with two attached hydrogens (primary N) is 1. The summed E-state index contributed by atoms with van der Waals surface area (Å²) in [5, 5.41) is 0. The lowest BCUT2D eigenvalue weighted by molar-refractivity contribution is 0.304. The fourth-order valence-electron chi connectivity index (χ4n) is 2.16. The van der Waals surface area contributed by atoms with Crippen LogP contribution < -0.4 is 10.5 Å². The number of hydrogen-bond donors (Lipinski definition) is 2. The standard InChI is InChI=1S/C18H23NOS/c19-17(14-21)8-4-5-13-20-18-11-9-16(10-12-18)15-6-2-1-3-7-15/h1-3,6-7,9-12,17,21H,4-5,8,13-14,19H2/t17-/m1/s1. The van der Waals surface area contributed by atoms with Gasteiger partial charge in [-0.15, -0.1) is 0 Å². The SMILES string of the molecule is N[C@@H](CS)CCCCOc1ccc(-c2ccccc2)cc1. The summed E-state index contributed by atoms with van der Waals surface area (Å²) in [5.74, 6) is 1.68. The van der Waals surface area contributed by atoms with Crippen molar-refractivity contribution in [2.24, 2.45) is 5.73 Å². The summed E-state index contributed by atoms with van der Waals surface area (Å²) in [7, 11) is 0. The Labute approximate surface area is 132 Å². The molecule has 2 aromatic rings. The number of thiol groups is 1. The van der Waals surface area contributed by atoms with Crippen molar-refractivity contribution in [3.63, 3.8) is 0 Å². The Morgan fingerprint density at radius 1 is 0.905 bits per heavy atom. The lowest BCUT2D eigenvalue weighted by Gasteiger charge is -2.09. The number of ether oxygens (including phenoxy) is 1. The Morgan fingerprint density at radius 3 is 2.24 bits per heavy atom. The molecule has 0 amide bonds. The van der Waals surface area contributed by atoms with Gasteiger partial charge in [0.05, 0.1) is 6.61 Å². The van der Waals surface area contributed by atoms with Crippen LogP contribution in [0.15, 0.2) is 54.6 Å². The second-order valence-electron chi connectivity index (χ2n) is 5.18. The normalized spacial score (nSPS) is 12.1. The molecule has 0 aliphatic heterocycles. The van der Waals surface area contributed by atoms with Gasteiger partial charge in [-0.3, -0.25) is 0 Å². The first-order valence-corrected chi connectivity index (χ1v) is 8.07. The van der Waals surface area contributed by atoms with E-state index in [1.807, 2.05) is 18.2 Å². The van der Waals surface area contributed by atoms with E-state index >= 15 is 0 Å². The van der Waals surface area contributed by atoms with Crippen LogP contribution in [0.1, 0.15) is 19.3 Å². The maximum Gasteiger partial charge on any atom is 0.119 e. The van der Waals surface area contributed by atoms with Crippen LogP contribution in [0.2, 0.25) is 0 Å². The molecule has 0 bridgehead atoms. The van der Waals surface area contributed by atoms with Crippen LogP contribution in [0, 0.1) is 0 Å². The lowest BCUT2D eigenvalue weighted by atomic mass is 10.1. The van der Waals surface area contributed by atoms with Crippen molar-refractivity contribution in [2.45, 2.75) is 25.3 Å². The third-order valence-electron chi connectivity index (χ3n) is 3.43. The molecule has 0 aliphatic carbocycles. The number of hydrogen-bond acceptors (Lipinski definition) is 3. The summed E-state index contributed by atoms with van der Waals surface area (Å²) < 4.78 is 5.75. The van der Waals surface area contributed by atoms with Crippen LogP contribution in [0.5, 0.6) is 5.75 Å². The van der Waals surface area contributed by atoms with Crippen molar-refractivity contribution in [1.82, 2.24) is 0 Å². The van der Waals surface area contributed by atoms with Gasteiger partial charge in [0.25, 0.3) is 0 Å². The van der Waals surface area contributed by atoms with Gasteiger partial charge < -0.3 is 10.5 Å². The first-order chi connectivity index (χ1) is 10.3. The van der Waals surface area contributed by atoms with Gasteiger partial charge in [-0.25, -0.2) is 0 Å². The molecule has 112 valence electrons. The molecule has 0 saturated heterocycles. The predicted octanol–water partition coefficient (Wildman–Crippen LogP) is 4.16. The van der Waals surface area contributed by atoms with Crippen molar-refractivity contribution in [3.8, 4) is 16.9 Å². The van der Waals surface area contributed by atoms with Gasteiger partial charge in [0.15, 0.2) is 0 Å². The number of unbranched alkanes of at least 4 members (excludes halogenated alkanes) is 1. The Kier molecular flexibility index (Phi) is 6.64. The van der Waals surface area contributed by atoms with Crippen LogP contribution in [0.4, 0.5) is 0 Å². The fraction of sp³-hybridized carbons (Fsp3) is 0.333. The number of rotatable bonds is 8. The molecule has 1 atom stereocenters. The molecule has 21 heavy (non-hydrogen) atoms. The Morgan fingerprint density at radius 2 is 1.57 bits per heavy atom. The molecule has 0 spiro atoms. The molecule has 0 heterocycles. The maximum absolute atomic E-state index is 5.82. The largest absolute Gasteiger partial charge is 0.494 e. The molecule has 0 aromatic heterocycles. The predicted molar refractivity (Wildman–Crippen MR) is 93.1 cm³/mol. The van der Waals surface area contributed by atoms with Crippen molar-refractivity contribution < 1.29 is 4.74 Å². The maximum atomic E-state index is 5.82. The summed E-state index contributed by atoms with van der Waals surface area (Å²) in [6.07, 6.45) is 3.13. The molecule has 3 heteroatoms. The van der Waals surface area contributed by atoms with Gasteiger partial charge in [-0.05, 0) is 42.5 Å². The van der Waals surface area contributed by atoms with Gasteiger partial charge in [0, 0.05) is 11.8 Å². The molecule has 0 radical (unpaired) electrons. The molecule has 0 unspecified atom stereocenters. The van der Waals surface area contributed by atoms with E-state index in [9.17, 15) is 0 Å². The Bertz CT molecular complexity index is 513. The highest BCUT2D eigenvalue weighted by atomic mass is 32.1. The van der Waals surface area contributed by atoms with Gasteiger partial charge in [-0.2, -0.15) is 12.6 Å². The van der Waals surface area contributed by atoms with E-state index in [-0.39, 0.29) is 6.04 Å². The van der Waals surface area contributed by atoms with E-state index < -0.39 is 0 Å². The van der Waals surface area contributed by atoms with Crippen LogP contribution in [-0.2, 0) is 0 Å². The Balaban J connectivity index is 1.75. The summed E-state index contributed by atoms with van der Waals surface area (Å²) in [5.41, 5.74) is 8.26. The first-order valence-electron chi connectivity index (χ1n) is 7.44. The van der Waals surface area contributed by atoms with Crippen LogP contribution >= 0.6 is 12.6 Å². The van der Waals surface area contributed by atoms with E-state index in [1.54, 1.807) is 0 Å². The molecule has 0 aliphatic rings. The van der Waals surface area contributed by atoms with Crippen LogP contribution in [0.25, 0.3) is 11.1 Å². The van der Waals surface area contributed by atoms with Crippen LogP contribution in [-0.4, -0.2) is 18.4 Å². The fourth-order valence-corrected chi connectivity index (χ4v) is 2.35. The summed E-state index contributed by atoms with van der Waals surface area (Å²) in [4.78, 5) is 0. The van der Waals surface area contributed by atoms with Crippen molar-refractivity contribution in [2.75, 3.05) is 12.4 Å². The zero-order valence-electron chi connectivity index (χ0n) is 12.2. The van der Waals surface area contributed by atoms with Gasteiger partial charge in [0.2, 0.25) is 0 Å². The molecule has 0 saturated carbocycles. The highest BCUT2D eigenvalue weighted by Gasteiger charge is 2.00. The zero-order valence-corrected chi connectivity index (χ0v) is 13.1. The minimum absolute atomic E-state index is 0.207. The third kappa shape index (κ3) is 5.44. The minimum Gasteiger partial charge on any atom is -0.494 e. The van der Waals surface area contributed by atoms with E-state index in [2.05, 4.69) is 49.0 Å². The lowest BCUT2D eigenvalue weighted by Crippen LogP contribution is -2.21. The first kappa shape index (κ1) is 15.9.